The zero-order chi connectivity index (χ0) is 25.5. The van der Waals surface area contributed by atoms with Crippen molar-refractivity contribution >= 4 is 11.9 Å². The molecule has 0 saturated carbocycles. The Kier molecular flexibility index (Phi) is 12.7. The number of nitrogen functional groups attached to an aromatic ring is 1. The number of carbonyl (C=O) groups is 1. The van der Waals surface area contributed by atoms with Gasteiger partial charge in [-0.1, -0.05) is 30.4 Å². The normalized spacial score (nSPS) is 13.9. The summed E-state index contributed by atoms with van der Waals surface area (Å²) in [6.07, 6.45) is 21.1. The van der Waals surface area contributed by atoms with Gasteiger partial charge in [-0.3, -0.25) is 4.79 Å². The topological polar surface area (TPSA) is 115 Å². The molecule has 34 heavy (non-hydrogen) atoms. The first-order chi connectivity index (χ1) is 16.3. The van der Waals surface area contributed by atoms with Crippen LogP contribution in [0.2, 0.25) is 0 Å². The number of allylic oxidation sites excluding steroid dienone is 4. The second-order valence-corrected chi connectivity index (χ2v) is 7.69. The van der Waals surface area contributed by atoms with E-state index in [9.17, 15) is 9.90 Å². The van der Waals surface area contributed by atoms with E-state index in [0.29, 0.717) is 11.4 Å². The minimum atomic E-state index is -0.480. The zero-order valence-electron chi connectivity index (χ0n) is 20.2. The summed E-state index contributed by atoms with van der Waals surface area (Å²) in [6, 6.07) is 1.20. The summed E-state index contributed by atoms with van der Waals surface area (Å²) in [4.78, 5) is 20.7. The van der Waals surface area contributed by atoms with Crippen LogP contribution >= 0.6 is 0 Å². The van der Waals surface area contributed by atoms with Crippen LogP contribution in [-0.2, 0) is 4.74 Å². The molecule has 0 bridgehead atoms. The summed E-state index contributed by atoms with van der Waals surface area (Å²) in [7, 11) is 0. The third kappa shape index (κ3) is 9.45. The molecular formula is C26H35N5O3. The van der Waals surface area contributed by atoms with E-state index < -0.39 is 6.04 Å². The van der Waals surface area contributed by atoms with Gasteiger partial charge in [0.25, 0.3) is 5.91 Å². The lowest BCUT2D eigenvalue weighted by atomic mass is 10.1. The van der Waals surface area contributed by atoms with Crippen LogP contribution < -0.4 is 11.1 Å². The summed E-state index contributed by atoms with van der Waals surface area (Å²) in [5.41, 5.74) is 8.69. The van der Waals surface area contributed by atoms with Crippen LogP contribution in [0.5, 0.6) is 0 Å². The van der Waals surface area contributed by atoms with Gasteiger partial charge in [0.1, 0.15) is 5.82 Å². The maximum atomic E-state index is 12.5. The molecule has 1 atom stereocenters. The summed E-state index contributed by atoms with van der Waals surface area (Å²) in [5.74, 6) is 0.490. The average Bonchev–Trinajstić information content (AvgIpc) is 3.55. The fourth-order valence-electron chi connectivity index (χ4n) is 2.91. The van der Waals surface area contributed by atoms with Crippen molar-refractivity contribution in [1.29, 1.82) is 0 Å². The fraction of sp³-hybridized carbons (Fsp3) is 0.346. The van der Waals surface area contributed by atoms with Crippen molar-refractivity contribution in [3.63, 3.8) is 0 Å². The monoisotopic (exact) mass is 465 g/mol. The Morgan fingerprint density at radius 3 is 2.62 bits per heavy atom. The molecule has 2 aromatic heterocycles. The van der Waals surface area contributed by atoms with E-state index in [4.69, 9.17) is 10.5 Å². The van der Waals surface area contributed by atoms with Gasteiger partial charge in [0.05, 0.1) is 18.2 Å². The van der Waals surface area contributed by atoms with Crippen molar-refractivity contribution in [3.05, 3.63) is 71.7 Å². The van der Waals surface area contributed by atoms with E-state index >= 15 is 0 Å². The molecule has 3 heterocycles. The lowest BCUT2D eigenvalue weighted by molar-refractivity contribution is 0.0926. The molecule has 1 saturated heterocycles. The van der Waals surface area contributed by atoms with Gasteiger partial charge in [-0.2, -0.15) is 4.98 Å². The maximum absolute atomic E-state index is 12.5. The molecule has 0 unspecified atom stereocenters. The third-order valence-electron chi connectivity index (χ3n) is 4.77. The van der Waals surface area contributed by atoms with Crippen LogP contribution in [0.25, 0.3) is 5.82 Å². The number of terminal acetylenes is 1. The van der Waals surface area contributed by atoms with E-state index in [2.05, 4.69) is 34.7 Å². The second kappa shape index (κ2) is 15.2. The van der Waals surface area contributed by atoms with E-state index in [0.717, 1.165) is 29.9 Å². The minimum Gasteiger partial charge on any atom is -0.394 e. The van der Waals surface area contributed by atoms with Crippen molar-refractivity contribution in [1.82, 2.24) is 19.9 Å². The number of nitrogens with two attached hydrogens (primary N) is 1. The SMILES string of the molecule is C#C.C1CCOC1.C=C(C)/C=C\C=C(/C)[C@@H](CO)NC(=O)c1ccn(-c2nc(N)ncc2C)c1. The molecule has 3 rings (SSSR count). The highest BCUT2D eigenvalue weighted by molar-refractivity contribution is 5.94. The van der Waals surface area contributed by atoms with Crippen LogP contribution in [0.3, 0.4) is 0 Å². The number of hydrogen-bond acceptors (Lipinski definition) is 6. The second-order valence-electron chi connectivity index (χ2n) is 7.69. The number of nitrogens with one attached hydrogen (secondary N) is 1. The van der Waals surface area contributed by atoms with Crippen molar-refractivity contribution in [3.8, 4) is 18.7 Å². The molecule has 1 fully saturated rings. The molecule has 1 amide bonds. The third-order valence-corrected chi connectivity index (χ3v) is 4.77. The predicted octanol–water partition coefficient (Wildman–Crippen LogP) is 3.37. The number of anilines is 1. The number of ether oxygens (including phenoxy) is 1. The Labute approximate surface area is 202 Å². The van der Waals surface area contributed by atoms with Crippen LogP contribution in [0.4, 0.5) is 5.95 Å². The molecule has 182 valence electrons. The number of aliphatic hydroxyl groups excluding tert-OH is 1. The molecule has 1 aliphatic rings. The Hall–Kier alpha value is -3.67. The molecule has 2 aromatic rings. The number of aryl methyl sites for hydroxylation is 1. The molecular weight excluding hydrogens is 430 g/mol. The van der Waals surface area contributed by atoms with Gasteiger partial charge in [0.15, 0.2) is 0 Å². The number of rotatable bonds is 7. The van der Waals surface area contributed by atoms with Gasteiger partial charge < -0.3 is 25.5 Å². The van der Waals surface area contributed by atoms with Crippen LogP contribution in [-0.4, -0.2) is 51.4 Å². The molecule has 4 N–H and O–H groups in total. The molecule has 0 aliphatic carbocycles. The van der Waals surface area contributed by atoms with E-state index in [1.54, 1.807) is 29.2 Å². The summed E-state index contributed by atoms with van der Waals surface area (Å²) in [6.45, 7) is 11.2. The lowest BCUT2D eigenvalue weighted by Crippen LogP contribution is -2.38. The largest absolute Gasteiger partial charge is 0.394 e. The van der Waals surface area contributed by atoms with Crippen LogP contribution in [0, 0.1) is 19.8 Å². The number of aliphatic hydroxyl groups is 1. The standard InChI is InChI=1S/C20H25N5O2.C4H8O.C2H2/c1-13(2)6-5-7-14(3)17(12-26)23-19(27)16-8-9-25(11-16)18-15(4)10-22-20(21)24-18;1-2-4-5-3-1;1-2/h5-11,17,26H,1,12H2,2-4H3,(H,23,27)(H2,21,22,24);1-4H2;1-2H/b6-5-,14-7+;;/t17-;;/m1../s1. The van der Waals surface area contributed by atoms with Crippen molar-refractivity contribution in [2.45, 2.75) is 39.7 Å². The highest BCUT2D eigenvalue weighted by Crippen LogP contribution is 2.14. The highest BCUT2D eigenvalue weighted by atomic mass is 16.5. The Bertz CT molecular complexity index is 1010. The summed E-state index contributed by atoms with van der Waals surface area (Å²) < 4.78 is 6.66. The van der Waals surface area contributed by atoms with Gasteiger partial charge in [-0.15, -0.1) is 12.8 Å². The van der Waals surface area contributed by atoms with Gasteiger partial charge in [-0.25, -0.2) is 4.98 Å². The summed E-state index contributed by atoms with van der Waals surface area (Å²) in [5, 5.41) is 12.4. The number of aromatic nitrogens is 3. The molecule has 8 heteroatoms. The number of amides is 1. The predicted molar refractivity (Wildman–Crippen MR) is 137 cm³/mol. The van der Waals surface area contributed by atoms with Gasteiger partial charge in [-0.05, 0) is 45.3 Å². The van der Waals surface area contributed by atoms with E-state index in [-0.39, 0.29) is 18.5 Å². The Morgan fingerprint density at radius 1 is 1.38 bits per heavy atom. The number of carbonyl (C=O) groups excluding carboxylic acids is 1. The van der Waals surface area contributed by atoms with Crippen molar-refractivity contribution < 1.29 is 14.6 Å². The minimum absolute atomic E-state index is 0.166. The Morgan fingerprint density at radius 2 is 2.06 bits per heavy atom. The fourth-order valence-corrected chi connectivity index (χ4v) is 2.91. The first-order valence-corrected chi connectivity index (χ1v) is 10.9. The van der Waals surface area contributed by atoms with Gasteiger partial charge in [0, 0.05) is 37.4 Å². The zero-order valence-corrected chi connectivity index (χ0v) is 20.2. The quantitative estimate of drug-likeness (QED) is 0.427. The maximum Gasteiger partial charge on any atom is 0.253 e. The number of nitrogens with zero attached hydrogens (tertiary/aromatic N) is 3. The molecule has 1 aliphatic heterocycles. The van der Waals surface area contributed by atoms with Crippen molar-refractivity contribution in [2.75, 3.05) is 25.6 Å². The lowest BCUT2D eigenvalue weighted by Gasteiger charge is -2.16. The van der Waals surface area contributed by atoms with Crippen LogP contribution in [0.1, 0.15) is 42.6 Å². The molecule has 8 nitrogen and oxygen atoms in total. The molecule has 0 radical (unpaired) electrons. The van der Waals surface area contributed by atoms with E-state index in [1.165, 1.54) is 12.8 Å². The summed E-state index contributed by atoms with van der Waals surface area (Å²) >= 11 is 0. The highest BCUT2D eigenvalue weighted by Gasteiger charge is 2.16. The van der Waals surface area contributed by atoms with Gasteiger partial charge in [0.2, 0.25) is 5.95 Å². The Balaban J connectivity index is 0.000000715. The smallest absolute Gasteiger partial charge is 0.253 e. The first kappa shape index (κ1) is 28.4. The first-order valence-electron chi connectivity index (χ1n) is 10.9. The van der Waals surface area contributed by atoms with Gasteiger partial charge >= 0.3 is 0 Å². The average molecular weight is 466 g/mol. The van der Waals surface area contributed by atoms with E-state index in [1.807, 2.05) is 39.0 Å². The number of hydrogen-bond donors (Lipinski definition) is 3. The van der Waals surface area contributed by atoms with Crippen LogP contribution in [0.15, 0.2) is 60.6 Å². The molecule has 0 aromatic carbocycles. The van der Waals surface area contributed by atoms with Crippen molar-refractivity contribution in [2.24, 2.45) is 0 Å². The molecule has 0 spiro atoms.